The molecule has 0 spiro atoms. The largest absolute Gasteiger partial charge is 0.450 e. The molecule has 2 aromatic rings. The summed E-state index contributed by atoms with van der Waals surface area (Å²) < 4.78 is 5.41. The number of amides is 2. The lowest BCUT2D eigenvalue weighted by Crippen LogP contribution is -2.42. The van der Waals surface area contributed by atoms with E-state index in [0.29, 0.717) is 42.9 Å². The summed E-state index contributed by atoms with van der Waals surface area (Å²) in [6.07, 6.45) is 3.80. The van der Waals surface area contributed by atoms with E-state index in [2.05, 4.69) is 22.6 Å². The Bertz CT molecular complexity index is 1200. The fourth-order valence-corrected chi connectivity index (χ4v) is 6.07. The van der Waals surface area contributed by atoms with Crippen LogP contribution in [0.3, 0.4) is 0 Å². The highest BCUT2D eigenvalue weighted by Crippen LogP contribution is 2.45. The number of likely N-dealkylation sites (tertiary alicyclic amines) is 1. The molecule has 3 aliphatic heterocycles. The van der Waals surface area contributed by atoms with Gasteiger partial charge in [0.25, 0.3) is 5.91 Å². The molecule has 7 nitrogen and oxygen atoms in total. The summed E-state index contributed by atoms with van der Waals surface area (Å²) in [4.78, 5) is 29.9. The zero-order valence-corrected chi connectivity index (χ0v) is 22.3. The summed E-state index contributed by atoms with van der Waals surface area (Å²) in [5, 5.41) is 7.25. The molecule has 5 rings (SSSR count). The molecule has 0 aliphatic carbocycles. The molecule has 2 aromatic carbocycles. The maximum Gasteiger partial charge on any atom is 0.410 e. The van der Waals surface area contributed by atoms with Crippen LogP contribution in [0.25, 0.3) is 5.57 Å². The number of fused-ring (bicyclic) bond motifs is 2. The molecule has 1 saturated heterocycles. The van der Waals surface area contributed by atoms with Crippen molar-refractivity contribution in [3.8, 4) is 0 Å². The minimum absolute atomic E-state index is 0.0686. The second kappa shape index (κ2) is 11.2. The van der Waals surface area contributed by atoms with Crippen LogP contribution in [-0.4, -0.2) is 67.7 Å². The third kappa shape index (κ3) is 5.34. The van der Waals surface area contributed by atoms with E-state index in [-0.39, 0.29) is 18.0 Å². The number of rotatable bonds is 6. The number of hydrogen-bond acceptors (Lipinski definition) is 5. The van der Waals surface area contributed by atoms with Crippen molar-refractivity contribution in [2.24, 2.45) is 0 Å². The molecule has 0 aromatic heterocycles. The zero-order valence-electron chi connectivity index (χ0n) is 21.6. The molecule has 2 unspecified atom stereocenters. The van der Waals surface area contributed by atoms with E-state index < -0.39 is 0 Å². The number of anilines is 1. The summed E-state index contributed by atoms with van der Waals surface area (Å²) in [7, 11) is 2.15. The first-order valence-corrected chi connectivity index (χ1v) is 13.6. The van der Waals surface area contributed by atoms with Crippen molar-refractivity contribution in [1.82, 2.24) is 15.1 Å². The number of hydrogen-bond donors (Lipinski definition) is 2. The average molecular weight is 523 g/mol. The van der Waals surface area contributed by atoms with E-state index in [1.165, 1.54) is 18.4 Å². The number of carbonyl (C=O) groups is 2. The van der Waals surface area contributed by atoms with Crippen LogP contribution < -0.4 is 10.6 Å². The normalized spacial score (nSPS) is 21.2. The average Bonchev–Trinajstić information content (AvgIpc) is 3.32. The number of halogens is 1. The molecule has 8 heteroatoms. The highest BCUT2D eigenvalue weighted by Gasteiger charge is 2.37. The predicted octanol–water partition coefficient (Wildman–Crippen LogP) is 5.34. The van der Waals surface area contributed by atoms with Gasteiger partial charge in [-0.05, 0) is 93.2 Å². The fraction of sp³-hybridized carbons (Fsp3) is 0.448. The molecule has 1 fully saturated rings. The molecule has 3 aliphatic rings. The number of carbonyl (C=O) groups excluding carboxylic acids is 2. The van der Waals surface area contributed by atoms with Crippen LogP contribution >= 0.6 is 11.6 Å². The molecule has 2 atom stereocenters. The third-order valence-electron chi connectivity index (χ3n) is 7.83. The number of ether oxygens (including phenoxy) is 1. The highest BCUT2D eigenvalue weighted by atomic mass is 35.5. The summed E-state index contributed by atoms with van der Waals surface area (Å²) in [5.41, 5.74) is 6.08. The van der Waals surface area contributed by atoms with Gasteiger partial charge in [0.1, 0.15) is 0 Å². The SMILES string of the molecule is CCOC(=O)N1CCC2=C(CNc3ccc(Cl)cc32)C1c1ccc(C(=O)NCCC2CCCN2C)cc1. The Kier molecular flexibility index (Phi) is 7.72. The maximum absolute atomic E-state index is 13.0. The van der Waals surface area contributed by atoms with E-state index in [0.717, 1.165) is 41.8 Å². The van der Waals surface area contributed by atoms with Crippen molar-refractivity contribution in [2.75, 3.05) is 45.2 Å². The predicted molar refractivity (Wildman–Crippen MR) is 147 cm³/mol. The van der Waals surface area contributed by atoms with Crippen LogP contribution in [0.15, 0.2) is 48.0 Å². The van der Waals surface area contributed by atoms with Gasteiger partial charge in [-0.3, -0.25) is 9.69 Å². The van der Waals surface area contributed by atoms with Gasteiger partial charge >= 0.3 is 6.09 Å². The van der Waals surface area contributed by atoms with Gasteiger partial charge < -0.3 is 20.3 Å². The molecule has 2 amide bonds. The van der Waals surface area contributed by atoms with Gasteiger partial charge in [0.05, 0.1) is 12.6 Å². The van der Waals surface area contributed by atoms with Gasteiger partial charge in [-0.2, -0.15) is 0 Å². The van der Waals surface area contributed by atoms with E-state index in [4.69, 9.17) is 16.3 Å². The fourth-order valence-electron chi connectivity index (χ4n) is 5.90. The maximum atomic E-state index is 13.0. The monoisotopic (exact) mass is 522 g/mol. The topological polar surface area (TPSA) is 73.9 Å². The molecular weight excluding hydrogens is 488 g/mol. The first-order chi connectivity index (χ1) is 18.0. The van der Waals surface area contributed by atoms with E-state index in [9.17, 15) is 9.59 Å². The lowest BCUT2D eigenvalue weighted by atomic mass is 9.82. The summed E-state index contributed by atoms with van der Waals surface area (Å²) >= 11 is 6.33. The lowest BCUT2D eigenvalue weighted by Gasteiger charge is -2.41. The van der Waals surface area contributed by atoms with Crippen molar-refractivity contribution in [2.45, 2.75) is 44.7 Å². The van der Waals surface area contributed by atoms with Crippen molar-refractivity contribution in [3.63, 3.8) is 0 Å². The molecule has 0 radical (unpaired) electrons. The number of nitrogens with one attached hydrogen (secondary N) is 2. The van der Waals surface area contributed by atoms with Crippen molar-refractivity contribution < 1.29 is 14.3 Å². The zero-order chi connectivity index (χ0) is 25.9. The summed E-state index contributed by atoms with van der Waals surface area (Å²) in [5.74, 6) is -0.0686. The van der Waals surface area contributed by atoms with Crippen LogP contribution in [0.4, 0.5) is 10.5 Å². The second-order valence-electron chi connectivity index (χ2n) is 10.0. The Morgan fingerprint density at radius 3 is 2.70 bits per heavy atom. The first-order valence-electron chi connectivity index (χ1n) is 13.2. The smallest absolute Gasteiger partial charge is 0.410 e. The Balaban J connectivity index is 1.38. The van der Waals surface area contributed by atoms with E-state index in [1.54, 1.807) is 4.90 Å². The van der Waals surface area contributed by atoms with Gasteiger partial charge in [0, 0.05) is 47.5 Å². The van der Waals surface area contributed by atoms with Gasteiger partial charge in [0.2, 0.25) is 0 Å². The summed E-state index contributed by atoms with van der Waals surface area (Å²) in [6, 6.07) is 13.8. The van der Waals surface area contributed by atoms with Crippen molar-refractivity contribution in [1.29, 1.82) is 0 Å². The molecule has 37 heavy (non-hydrogen) atoms. The number of nitrogens with zero attached hydrogens (tertiary/aromatic N) is 2. The van der Waals surface area contributed by atoms with Crippen LogP contribution in [0, 0.1) is 0 Å². The molecular formula is C29H35ClN4O3. The van der Waals surface area contributed by atoms with Gasteiger partial charge in [-0.15, -0.1) is 0 Å². The summed E-state index contributed by atoms with van der Waals surface area (Å²) in [6.45, 7) is 5.12. The lowest BCUT2D eigenvalue weighted by molar-refractivity contribution is 0.0935. The molecule has 196 valence electrons. The van der Waals surface area contributed by atoms with Crippen molar-refractivity contribution >= 4 is 34.9 Å². The Morgan fingerprint density at radius 1 is 1.16 bits per heavy atom. The molecule has 0 bridgehead atoms. The van der Waals surface area contributed by atoms with Gasteiger partial charge in [-0.25, -0.2) is 4.79 Å². The Hall–Kier alpha value is -3.03. The van der Waals surface area contributed by atoms with Crippen LogP contribution in [0.2, 0.25) is 5.02 Å². The van der Waals surface area contributed by atoms with Crippen LogP contribution in [0.5, 0.6) is 0 Å². The minimum Gasteiger partial charge on any atom is -0.450 e. The standard InChI is InChI=1S/C29H35ClN4O3/c1-3-37-29(36)34-16-13-23-24-17-21(30)10-11-26(24)32-18-25(23)27(34)19-6-8-20(9-7-19)28(35)31-14-12-22-5-4-15-33(22)2/h6-11,17,22,27,32H,3-5,12-16,18H2,1-2H3,(H,31,35). The van der Waals surface area contributed by atoms with Gasteiger partial charge in [0.15, 0.2) is 0 Å². The molecule has 0 saturated carbocycles. The molecule has 2 N–H and O–H groups in total. The minimum atomic E-state index is -0.324. The third-order valence-corrected chi connectivity index (χ3v) is 8.07. The van der Waals surface area contributed by atoms with Crippen molar-refractivity contribution in [3.05, 3.63) is 69.8 Å². The second-order valence-corrected chi connectivity index (χ2v) is 10.5. The van der Waals surface area contributed by atoms with Crippen LogP contribution in [0.1, 0.15) is 60.1 Å². The van der Waals surface area contributed by atoms with E-state index in [1.807, 2.05) is 49.4 Å². The van der Waals surface area contributed by atoms with Gasteiger partial charge in [-0.1, -0.05) is 23.7 Å². The molecule has 3 heterocycles. The van der Waals surface area contributed by atoms with Crippen LogP contribution in [-0.2, 0) is 4.74 Å². The number of benzene rings is 2. The highest BCUT2D eigenvalue weighted by molar-refractivity contribution is 6.31. The first kappa shape index (κ1) is 25.6. The van der Waals surface area contributed by atoms with E-state index >= 15 is 0 Å². The Labute approximate surface area is 223 Å². The Morgan fingerprint density at radius 2 is 1.97 bits per heavy atom. The quantitative estimate of drug-likeness (QED) is 0.536.